The minimum atomic E-state index is -0.886. The van der Waals surface area contributed by atoms with Crippen LogP contribution in [0, 0.1) is 5.82 Å². The molecule has 0 radical (unpaired) electrons. The Morgan fingerprint density at radius 2 is 2.16 bits per heavy atom. The lowest BCUT2D eigenvalue weighted by molar-refractivity contribution is -0.136. The first-order chi connectivity index (χ1) is 9.06. The van der Waals surface area contributed by atoms with Crippen molar-refractivity contribution in [3.05, 3.63) is 36.0 Å². The zero-order chi connectivity index (χ0) is 13.8. The fraction of sp³-hybridized carbons (Fsp3) is 0.250. The topological polar surface area (TPSA) is 76.2 Å². The van der Waals surface area contributed by atoms with E-state index in [2.05, 4.69) is 10.1 Å². The zero-order valence-corrected chi connectivity index (χ0v) is 10.9. The molecule has 1 aromatic carbocycles. The molecule has 2 rings (SSSR count). The lowest BCUT2D eigenvalue weighted by Crippen LogP contribution is -2.11. The molecule has 0 spiro atoms. The maximum absolute atomic E-state index is 12.8. The average Bonchev–Trinajstić information content (AvgIpc) is 2.85. The number of thioether (sulfide) groups is 1. The van der Waals surface area contributed by atoms with Gasteiger partial charge in [-0.2, -0.15) is 4.98 Å². The van der Waals surface area contributed by atoms with Crippen molar-refractivity contribution in [2.24, 2.45) is 0 Å². The third kappa shape index (κ3) is 3.54. The highest BCUT2D eigenvalue weighted by Gasteiger charge is 2.14. The van der Waals surface area contributed by atoms with Crippen LogP contribution in [0.15, 0.2) is 28.8 Å². The number of benzene rings is 1. The summed E-state index contributed by atoms with van der Waals surface area (Å²) in [6.45, 7) is 1.59. The fourth-order valence-electron chi connectivity index (χ4n) is 1.30. The van der Waals surface area contributed by atoms with Gasteiger partial charge in [0, 0.05) is 5.56 Å². The van der Waals surface area contributed by atoms with Gasteiger partial charge in [0.1, 0.15) is 5.82 Å². The van der Waals surface area contributed by atoms with Gasteiger partial charge in [-0.05, 0) is 31.2 Å². The SMILES string of the molecule is CC(SCc1nc(-c2ccc(F)cc2)no1)C(=O)O. The smallest absolute Gasteiger partial charge is 0.316 e. The summed E-state index contributed by atoms with van der Waals surface area (Å²) in [6, 6.07) is 5.73. The van der Waals surface area contributed by atoms with Gasteiger partial charge < -0.3 is 9.63 Å². The monoisotopic (exact) mass is 282 g/mol. The van der Waals surface area contributed by atoms with Crippen molar-refractivity contribution in [2.75, 3.05) is 0 Å². The Morgan fingerprint density at radius 3 is 2.79 bits per heavy atom. The summed E-state index contributed by atoms with van der Waals surface area (Å²) in [4.78, 5) is 14.8. The maximum atomic E-state index is 12.8. The molecule has 0 saturated carbocycles. The summed E-state index contributed by atoms with van der Waals surface area (Å²) in [6.07, 6.45) is 0. The Hall–Kier alpha value is -1.89. The van der Waals surface area contributed by atoms with Gasteiger partial charge in [-0.15, -0.1) is 11.8 Å². The van der Waals surface area contributed by atoms with Crippen LogP contribution in [0.5, 0.6) is 0 Å². The third-order valence-corrected chi connectivity index (χ3v) is 3.49. The Balaban J connectivity index is 2.03. The number of carboxylic acid groups (broad SMARTS) is 1. The molecule has 0 aliphatic rings. The minimum Gasteiger partial charge on any atom is -0.480 e. The summed E-state index contributed by atoms with van der Waals surface area (Å²) < 4.78 is 17.8. The molecule has 5 nitrogen and oxygen atoms in total. The van der Waals surface area contributed by atoms with Crippen molar-refractivity contribution in [2.45, 2.75) is 17.9 Å². The summed E-state index contributed by atoms with van der Waals surface area (Å²) in [7, 11) is 0. The van der Waals surface area contributed by atoms with E-state index >= 15 is 0 Å². The van der Waals surface area contributed by atoms with E-state index in [9.17, 15) is 9.18 Å². The number of carboxylic acids is 1. The van der Waals surface area contributed by atoms with Crippen LogP contribution in [0.4, 0.5) is 4.39 Å². The molecule has 0 saturated heterocycles. The molecule has 0 bridgehead atoms. The van der Waals surface area contributed by atoms with Crippen LogP contribution < -0.4 is 0 Å². The Labute approximate surface area is 112 Å². The lowest BCUT2D eigenvalue weighted by Gasteiger charge is -2.01. The molecule has 7 heteroatoms. The first kappa shape index (κ1) is 13.5. The van der Waals surface area contributed by atoms with Gasteiger partial charge in [0.25, 0.3) is 0 Å². The van der Waals surface area contributed by atoms with Gasteiger partial charge >= 0.3 is 5.97 Å². The maximum Gasteiger partial charge on any atom is 0.316 e. The van der Waals surface area contributed by atoms with E-state index in [1.54, 1.807) is 19.1 Å². The third-order valence-electron chi connectivity index (χ3n) is 2.38. The fourth-order valence-corrected chi connectivity index (χ4v) is 1.95. The van der Waals surface area contributed by atoms with E-state index in [0.717, 1.165) is 0 Å². The molecule has 100 valence electrons. The van der Waals surface area contributed by atoms with Crippen LogP contribution in [0.3, 0.4) is 0 Å². The second kappa shape index (κ2) is 5.83. The minimum absolute atomic E-state index is 0.321. The number of aromatic nitrogens is 2. The van der Waals surface area contributed by atoms with Crippen LogP contribution >= 0.6 is 11.8 Å². The van der Waals surface area contributed by atoms with E-state index < -0.39 is 11.2 Å². The summed E-state index contributed by atoms with van der Waals surface area (Å²) in [5, 5.41) is 12.0. The van der Waals surface area contributed by atoms with Gasteiger partial charge in [-0.1, -0.05) is 5.16 Å². The van der Waals surface area contributed by atoms with Crippen LogP contribution in [0.25, 0.3) is 11.4 Å². The van der Waals surface area contributed by atoms with Crippen molar-refractivity contribution in [3.63, 3.8) is 0 Å². The molecule has 1 unspecified atom stereocenters. The predicted molar refractivity (Wildman–Crippen MR) is 68.1 cm³/mol. The number of nitrogens with zero attached hydrogens (tertiary/aromatic N) is 2. The standard InChI is InChI=1S/C12H11FN2O3S/c1-7(12(16)17)19-6-10-14-11(15-18-10)8-2-4-9(13)5-3-8/h2-5,7H,6H2,1H3,(H,16,17). The lowest BCUT2D eigenvalue weighted by atomic mass is 10.2. The molecular formula is C12H11FN2O3S. The molecule has 1 heterocycles. The van der Waals surface area contributed by atoms with Gasteiger partial charge in [-0.25, -0.2) is 4.39 Å². The normalized spacial score (nSPS) is 12.3. The van der Waals surface area contributed by atoms with Crippen LogP contribution in [-0.4, -0.2) is 26.5 Å². The van der Waals surface area contributed by atoms with Crippen LogP contribution in [0.1, 0.15) is 12.8 Å². The number of hydrogen-bond donors (Lipinski definition) is 1. The van der Waals surface area contributed by atoms with Gasteiger partial charge in [0.05, 0.1) is 11.0 Å². The second-order valence-corrected chi connectivity index (χ2v) is 5.14. The van der Waals surface area contributed by atoms with Gasteiger partial charge in [0.15, 0.2) is 0 Å². The molecule has 0 fully saturated rings. The van der Waals surface area contributed by atoms with Crippen molar-refractivity contribution < 1.29 is 18.8 Å². The van der Waals surface area contributed by atoms with Gasteiger partial charge in [0.2, 0.25) is 11.7 Å². The molecule has 0 aliphatic carbocycles. The Kier molecular flexibility index (Phi) is 4.16. The first-order valence-electron chi connectivity index (χ1n) is 5.49. The van der Waals surface area contributed by atoms with Gasteiger partial charge in [-0.3, -0.25) is 4.79 Å². The first-order valence-corrected chi connectivity index (χ1v) is 6.54. The van der Waals surface area contributed by atoms with E-state index in [-0.39, 0.29) is 5.82 Å². The summed E-state index contributed by atoms with van der Waals surface area (Å²) in [5.74, 6) is -0.195. The van der Waals surface area contributed by atoms with Crippen LogP contribution in [0.2, 0.25) is 0 Å². The van der Waals surface area contributed by atoms with E-state index in [4.69, 9.17) is 9.63 Å². The average molecular weight is 282 g/mol. The van der Waals surface area contributed by atoms with Crippen LogP contribution in [-0.2, 0) is 10.5 Å². The van der Waals surface area contributed by atoms with E-state index in [0.29, 0.717) is 23.0 Å². The van der Waals surface area contributed by atoms with Crippen molar-refractivity contribution in [1.29, 1.82) is 0 Å². The highest BCUT2D eigenvalue weighted by Crippen LogP contribution is 2.20. The van der Waals surface area contributed by atoms with Crippen molar-refractivity contribution in [3.8, 4) is 11.4 Å². The summed E-state index contributed by atoms with van der Waals surface area (Å²) >= 11 is 1.19. The number of halogens is 1. The number of carbonyl (C=O) groups is 1. The molecule has 0 aliphatic heterocycles. The Bertz CT molecular complexity index is 571. The van der Waals surface area contributed by atoms with Crippen molar-refractivity contribution in [1.82, 2.24) is 10.1 Å². The molecule has 1 atom stereocenters. The highest BCUT2D eigenvalue weighted by atomic mass is 32.2. The molecule has 19 heavy (non-hydrogen) atoms. The zero-order valence-electron chi connectivity index (χ0n) is 10.0. The molecule has 1 aromatic heterocycles. The van der Waals surface area contributed by atoms with E-state index in [1.807, 2.05) is 0 Å². The predicted octanol–water partition coefficient (Wildman–Crippen LogP) is 2.58. The quantitative estimate of drug-likeness (QED) is 0.908. The summed E-state index contributed by atoms with van der Waals surface area (Å²) in [5.41, 5.74) is 0.646. The van der Waals surface area contributed by atoms with E-state index in [1.165, 1.54) is 23.9 Å². The largest absolute Gasteiger partial charge is 0.480 e. The molecule has 1 N–H and O–H groups in total. The molecule has 2 aromatic rings. The second-order valence-electron chi connectivity index (χ2n) is 3.81. The highest BCUT2D eigenvalue weighted by molar-refractivity contribution is 7.99. The Morgan fingerprint density at radius 1 is 1.47 bits per heavy atom. The molecular weight excluding hydrogens is 271 g/mol. The number of hydrogen-bond acceptors (Lipinski definition) is 5. The molecule has 0 amide bonds. The number of aliphatic carboxylic acids is 1. The number of rotatable bonds is 5. The van der Waals surface area contributed by atoms with Crippen molar-refractivity contribution >= 4 is 17.7 Å².